The van der Waals surface area contributed by atoms with Gasteiger partial charge >= 0.3 is 0 Å². The summed E-state index contributed by atoms with van der Waals surface area (Å²) in [5, 5.41) is 0. The Bertz CT molecular complexity index is 1010. The van der Waals surface area contributed by atoms with Gasteiger partial charge in [0.15, 0.2) is 0 Å². The summed E-state index contributed by atoms with van der Waals surface area (Å²) in [4.78, 5) is 13.0. The van der Waals surface area contributed by atoms with Crippen LogP contribution in [0.3, 0.4) is 0 Å². The van der Waals surface area contributed by atoms with Gasteiger partial charge in [0.1, 0.15) is 11.6 Å². The number of fused-ring (bicyclic) bond motifs is 2. The van der Waals surface area contributed by atoms with Gasteiger partial charge in [-0.1, -0.05) is 0 Å². The van der Waals surface area contributed by atoms with Gasteiger partial charge in [-0.25, -0.2) is 4.98 Å². The van der Waals surface area contributed by atoms with Crippen molar-refractivity contribution in [2.45, 2.75) is 38.4 Å². The highest BCUT2D eigenvalue weighted by atomic mass is 32.1. The molecule has 1 saturated heterocycles. The number of ether oxygens (including phenoxy) is 1. The van der Waals surface area contributed by atoms with Crippen LogP contribution < -0.4 is 4.74 Å². The third kappa shape index (κ3) is 3.37. The summed E-state index contributed by atoms with van der Waals surface area (Å²) in [7, 11) is 3.99. The molecule has 2 aliphatic heterocycles. The van der Waals surface area contributed by atoms with E-state index in [1.807, 2.05) is 23.5 Å². The summed E-state index contributed by atoms with van der Waals surface area (Å²) in [6.07, 6.45) is 4.33. The number of benzene rings is 1. The molecule has 0 aliphatic carbocycles. The van der Waals surface area contributed by atoms with Crippen LogP contribution >= 0.6 is 11.3 Å². The quantitative estimate of drug-likeness (QED) is 0.625. The van der Waals surface area contributed by atoms with E-state index in [1.54, 1.807) is 7.11 Å². The lowest BCUT2D eigenvalue weighted by Crippen LogP contribution is -2.56. The fraction of sp³-hybridized carbons (Fsp3) is 0.458. The number of thiophene rings is 1. The summed E-state index contributed by atoms with van der Waals surface area (Å²) in [5.41, 5.74) is 2.47. The first-order chi connectivity index (χ1) is 14.6. The monoisotopic (exact) mass is 422 g/mol. The number of likely N-dealkylation sites (N-methyl/N-ethyl adjacent to an activating group) is 1. The number of methoxy groups -OCH3 is 1. The minimum Gasteiger partial charge on any atom is -0.497 e. The van der Waals surface area contributed by atoms with E-state index < -0.39 is 0 Å². The van der Waals surface area contributed by atoms with Gasteiger partial charge in [0.2, 0.25) is 0 Å². The number of aryl methyl sites for hydroxylation is 1. The van der Waals surface area contributed by atoms with Crippen LogP contribution in [0, 0.1) is 6.92 Å². The van der Waals surface area contributed by atoms with Crippen molar-refractivity contribution in [1.82, 2.24) is 19.4 Å². The molecule has 158 valence electrons. The van der Waals surface area contributed by atoms with Crippen molar-refractivity contribution >= 4 is 11.3 Å². The van der Waals surface area contributed by atoms with E-state index in [4.69, 9.17) is 9.72 Å². The summed E-state index contributed by atoms with van der Waals surface area (Å²) in [5.74, 6) is 2.13. The highest BCUT2D eigenvalue weighted by Crippen LogP contribution is 2.42. The molecule has 1 aromatic carbocycles. The standard InChI is InChI=1S/C24H30N4OS/c1-18-4-9-21(30-18)17-27-12-10-24(11-13-27)23-25-16-22(28(23)15-14-26(24)2)19-5-7-20(29-3)8-6-19/h4-9,16H,10-15,17H2,1-3H3. The van der Waals surface area contributed by atoms with E-state index in [0.717, 1.165) is 51.3 Å². The molecule has 3 aromatic rings. The van der Waals surface area contributed by atoms with Crippen LogP contribution in [0.25, 0.3) is 11.3 Å². The first-order valence-corrected chi connectivity index (χ1v) is 11.6. The second-order valence-corrected chi connectivity index (χ2v) is 9.96. The molecule has 0 radical (unpaired) electrons. The van der Waals surface area contributed by atoms with E-state index >= 15 is 0 Å². The van der Waals surface area contributed by atoms with Gasteiger partial charge in [-0.3, -0.25) is 9.80 Å². The van der Waals surface area contributed by atoms with Crippen molar-refractivity contribution < 1.29 is 4.74 Å². The van der Waals surface area contributed by atoms with Crippen LogP contribution in [-0.4, -0.2) is 53.1 Å². The fourth-order valence-corrected chi connectivity index (χ4v) is 6.01. The molecule has 0 saturated carbocycles. The van der Waals surface area contributed by atoms with Crippen LogP contribution in [0.4, 0.5) is 0 Å². The van der Waals surface area contributed by atoms with Gasteiger partial charge in [-0.15, -0.1) is 11.3 Å². The highest BCUT2D eigenvalue weighted by Gasteiger charge is 2.45. The lowest BCUT2D eigenvalue weighted by molar-refractivity contribution is 0.00725. The molecule has 0 amide bonds. The van der Waals surface area contributed by atoms with Crippen molar-refractivity contribution in [2.75, 3.05) is 33.8 Å². The van der Waals surface area contributed by atoms with Crippen molar-refractivity contribution in [3.63, 3.8) is 0 Å². The Morgan fingerprint density at radius 3 is 2.47 bits per heavy atom. The van der Waals surface area contributed by atoms with E-state index in [0.29, 0.717) is 0 Å². The third-order valence-corrected chi connectivity index (χ3v) is 7.89. The molecule has 30 heavy (non-hydrogen) atoms. The van der Waals surface area contributed by atoms with Crippen LogP contribution in [0.2, 0.25) is 0 Å². The largest absolute Gasteiger partial charge is 0.497 e. The van der Waals surface area contributed by atoms with Gasteiger partial charge in [-0.05, 0) is 63.2 Å². The lowest BCUT2D eigenvalue weighted by Gasteiger charge is -2.49. The first-order valence-electron chi connectivity index (χ1n) is 10.8. The molecule has 5 rings (SSSR count). The smallest absolute Gasteiger partial charge is 0.129 e. The van der Waals surface area contributed by atoms with Gasteiger partial charge < -0.3 is 9.30 Å². The van der Waals surface area contributed by atoms with Crippen LogP contribution in [0.5, 0.6) is 5.75 Å². The summed E-state index contributed by atoms with van der Waals surface area (Å²) >= 11 is 1.92. The average molecular weight is 423 g/mol. The molecule has 0 bridgehead atoms. The lowest BCUT2D eigenvalue weighted by atomic mass is 9.83. The highest BCUT2D eigenvalue weighted by molar-refractivity contribution is 7.11. The Hall–Kier alpha value is -2.15. The number of rotatable bonds is 4. The maximum Gasteiger partial charge on any atom is 0.129 e. The Labute approximate surface area is 182 Å². The van der Waals surface area contributed by atoms with Gasteiger partial charge in [-0.2, -0.15) is 0 Å². The number of likely N-dealkylation sites (tertiary alicyclic amines) is 1. The number of imidazole rings is 1. The summed E-state index contributed by atoms with van der Waals surface area (Å²) < 4.78 is 7.78. The van der Waals surface area contributed by atoms with Crippen molar-refractivity contribution in [3.8, 4) is 17.0 Å². The molecule has 1 spiro atoms. The normalized spacial score (nSPS) is 19.2. The molecule has 0 atom stereocenters. The van der Waals surface area contributed by atoms with Crippen LogP contribution in [-0.2, 0) is 18.6 Å². The Morgan fingerprint density at radius 1 is 1.03 bits per heavy atom. The molecule has 6 heteroatoms. The second-order valence-electron chi connectivity index (χ2n) is 8.59. The van der Waals surface area contributed by atoms with E-state index in [-0.39, 0.29) is 5.54 Å². The Morgan fingerprint density at radius 2 is 1.80 bits per heavy atom. The van der Waals surface area contributed by atoms with E-state index in [2.05, 4.69) is 58.8 Å². The van der Waals surface area contributed by atoms with Crippen LogP contribution in [0.1, 0.15) is 28.4 Å². The molecule has 0 unspecified atom stereocenters. The topological polar surface area (TPSA) is 33.5 Å². The molecule has 5 nitrogen and oxygen atoms in total. The minimum absolute atomic E-state index is 0.0465. The number of piperidine rings is 1. The predicted octanol–water partition coefficient (Wildman–Crippen LogP) is 4.37. The SMILES string of the molecule is COc1ccc(-c2cnc3n2CCN(C)C32CCN(Cc3ccc(C)s3)CC2)cc1. The number of aromatic nitrogens is 2. The molecular weight excluding hydrogens is 392 g/mol. The number of nitrogens with zero attached hydrogens (tertiary/aromatic N) is 4. The summed E-state index contributed by atoms with van der Waals surface area (Å²) in [6, 6.07) is 12.9. The van der Waals surface area contributed by atoms with Gasteiger partial charge in [0.25, 0.3) is 0 Å². The zero-order valence-corrected chi connectivity index (χ0v) is 18.9. The number of hydrogen-bond donors (Lipinski definition) is 0. The average Bonchev–Trinajstić information content (AvgIpc) is 3.39. The third-order valence-electron chi connectivity index (χ3n) is 6.91. The van der Waals surface area contributed by atoms with Crippen molar-refractivity contribution in [1.29, 1.82) is 0 Å². The van der Waals surface area contributed by atoms with Gasteiger partial charge in [0.05, 0.1) is 24.5 Å². The fourth-order valence-electron chi connectivity index (χ4n) is 5.08. The van der Waals surface area contributed by atoms with Crippen molar-refractivity contribution in [2.24, 2.45) is 0 Å². The molecule has 2 aromatic heterocycles. The Kier molecular flexibility index (Phi) is 5.17. The maximum absolute atomic E-state index is 5.32. The molecular formula is C24H30N4OS. The zero-order valence-electron chi connectivity index (χ0n) is 18.1. The molecule has 4 heterocycles. The van der Waals surface area contributed by atoms with Crippen LogP contribution in [0.15, 0.2) is 42.6 Å². The molecule has 1 fully saturated rings. The van der Waals surface area contributed by atoms with Crippen molar-refractivity contribution in [3.05, 3.63) is 58.2 Å². The molecule has 2 aliphatic rings. The number of hydrogen-bond acceptors (Lipinski definition) is 5. The van der Waals surface area contributed by atoms with E-state index in [1.165, 1.54) is 26.8 Å². The summed E-state index contributed by atoms with van der Waals surface area (Å²) in [6.45, 7) is 7.56. The zero-order chi connectivity index (χ0) is 20.7. The maximum atomic E-state index is 5.32. The van der Waals surface area contributed by atoms with E-state index in [9.17, 15) is 0 Å². The van der Waals surface area contributed by atoms with Gasteiger partial charge in [0, 0.05) is 48.0 Å². The molecule has 0 N–H and O–H groups in total. The second kappa shape index (κ2) is 7.84. The minimum atomic E-state index is 0.0465. The Balaban J connectivity index is 1.39. The predicted molar refractivity (Wildman–Crippen MR) is 122 cm³/mol. The first kappa shape index (κ1) is 19.8.